The molecule has 1 heterocycles. The molecule has 1 aromatic heterocycles. The molecule has 2 rings (SSSR count). The summed E-state index contributed by atoms with van der Waals surface area (Å²) < 4.78 is 6.06. The van der Waals surface area contributed by atoms with E-state index in [-0.39, 0.29) is 11.9 Å². The van der Waals surface area contributed by atoms with Crippen molar-refractivity contribution in [1.29, 1.82) is 0 Å². The van der Waals surface area contributed by atoms with Gasteiger partial charge in [-0.15, -0.1) is 0 Å². The predicted molar refractivity (Wildman–Crippen MR) is 78.0 cm³/mol. The van der Waals surface area contributed by atoms with Crippen molar-refractivity contribution >= 4 is 5.84 Å². The quantitative estimate of drug-likeness (QED) is 0.385. The Bertz CT molecular complexity index is 500. The molecule has 0 aliphatic heterocycles. The topological polar surface area (TPSA) is 80.7 Å². The van der Waals surface area contributed by atoms with Crippen LogP contribution in [-0.2, 0) is 0 Å². The monoisotopic (exact) mass is 277 g/mol. The predicted octanol–water partition coefficient (Wildman–Crippen LogP) is 2.77. The highest BCUT2D eigenvalue weighted by Gasteiger charge is 2.33. The number of ether oxygens (including phenoxy) is 1. The zero-order chi connectivity index (χ0) is 14.8. The highest BCUT2D eigenvalue weighted by Crippen LogP contribution is 2.39. The molecule has 0 amide bonds. The average molecular weight is 277 g/mol. The van der Waals surface area contributed by atoms with Gasteiger partial charge in [0, 0.05) is 12.3 Å². The van der Waals surface area contributed by atoms with Crippen molar-refractivity contribution in [3.05, 3.63) is 24.0 Å². The van der Waals surface area contributed by atoms with Crippen LogP contribution < -0.4 is 10.5 Å². The van der Waals surface area contributed by atoms with E-state index in [0.717, 1.165) is 18.6 Å². The summed E-state index contributed by atoms with van der Waals surface area (Å²) in [7, 11) is 0. The molecular weight excluding hydrogens is 254 g/mol. The van der Waals surface area contributed by atoms with E-state index in [1.807, 2.05) is 0 Å². The molecule has 1 aliphatic carbocycles. The Morgan fingerprint density at radius 2 is 2.25 bits per heavy atom. The second-order valence-electron chi connectivity index (χ2n) is 6.52. The van der Waals surface area contributed by atoms with Gasteiger partial charge in [0.25, 0.3) is 0 Å². The van der Waals surface area contributed by atoms with Crippen LogP contribution in [0.3, 0.4) is 0 Å². The van der Waals surface area contributed by atoms with Crippen LogP contribution in [0.15, 0.2) is 23.5 Å². The summed E-state index contributed by atoms with van der Waals surface area (Å²) >= 11 is 0. The molecule has 0 aromatic carbocycles. The van der Waals surface area contributed by atoms with Gasteiger partial charge < -0.3 is 15.7 Å². The van der Waals surface area contributed by atoms with Gasteiger partial charge in [-0.05, 0) is 36.7 Å². The molecule has 0 bridgehead atoms. The van der Waals surface area contributed by atoms with Crippen LogP contribution in [-0.4, -0.2) is 22.1 Å². The van der Waals surface area contributed by atoms with Crippen molar-refractivity contribution in [1.82, 2.24) is 4.98 Å². The molecule has 5 nitrogen and oxygen atoms in total. The molecule has 2 unspecified atom stereocenters. The minimum atomic E-state index is -0.00667. The minimum Gasteiger partial charge on any atom is -0.490 e. The molecule has 0 saturated heterocycles. The summed E-state index contributed by atoms with van der Waals surface area (Å²) in [5.41, 5.74) is 6.28. The van der Waals surface area contributed by atoms with Gasteiger partial charge in [-0.25, -0.2) is 0 Å². The SMILES string of the molecule is CC1CC(Oc2ccnc(C(N)=NO)c2)CC(C)(C)C1. The highest BCUT2D eigenvalue weighted by atomic mass is 16.5. The van der Waals surface area contributed by atoms with E-state index in [1.54, 1.807) is 18.3 Å². The molecule has 110 valence electrons. The third kappa shape index (κ3) is 3.62. The Balaban J connectivity index is 2.10. The van der Waals surface area contributed by atoms with E-state index in [2.05, 4.69) is 30.9 Å². The standard InChI is InChI=1S/C15H23N3O2/c1-10-6-12(9-15(2,3)8-10)20-11-4-5-17-13(7-11)14(16)18-19/h4-5,7,10,12,19H,6,8-9H2,1-3H3,(H2,16,18). The first-order valence-electron chi connectivity index (χ1n) is 7.00. The highest BCUT2D eigenvalue weighted by molar-refractivity contribution is 5.95. The first-order chi connectivity index (χ1) is 9.39. The summed E-state index contributed by atoms with van der Waals surface area (Å²) in [5.74, 6) is 1.37. The number of pyridine rings is 1. The van der Waals surface area contributed by atoms with Crippen LogP contribution in [0, 0.1) is 11.3 Å². The lowest BCUT2D eigenvalue weighted by Crippen LogP contribution is -2.34. The average Bonchev–Trinajstić information content (AvgIpc) is 2.35. The van der Waals surface area contributed by atoms with Gasteiger partial charge in [0.05, 0.1) is 6.10 Å². The van der Waals surface area contributed by atoms with Crippen molar-refractivity contribution in [2.45, 2.75) is 46.1 Å². The lowest BCUT2D eigenvalue weighted by atomic mass is 9.71. The minimum absolute atomic E-state index is 0.00667. The molecule has 2 atom stereocenters. The maximum absolute atomic E-state index is 8.69. The summed E-state index contributed by atoms with van der Waals surface area (Å²) in [4.78, 5) is 4.05. The van der Waals surface area contributed by atoms with E-state index < -0.39 is 0 Å². The summed E-state index contributed by atoms with van der Waals surface area (Å²) in [6.45, 7) is 6.84. The van der Waals surface area contributed by atoms with Gasteiger partial charge in [0.1, 0.15) is 11.4 Å². The number of nitrogens with zero attached hydrogens (tertiary/aromatic N) is 2. The Hall–Kier alpha value is -1.78. The van der Waals surface area contributed by atoms with Crippen molar-refractivity contribution in [2.75, 3.05) is 0 Å². The normalized spacial score (nSPS) is 26.2. The molecule has 3 N–H and O–H groups in total. The number of hydrogen-bond acceptors (Lipinski definition) is 4. The maximum Gasteiger partial charge on any atom is 0.188 e. The van der Waals surface area contributed by atoms with Crippen molar-refractivity contribution in [3.63, 3.8) is 0 Å². The Morgan fingerprint density at radius 3 is 2.90 bits per heavy atom. The van der Waals surface area contributed by atoms with Gasteiger partial charge in [-0.2, -0.15) is 0 Å². The fraction of sp³-hybridized carbons (Fsp3) is 0.600. The summed E-state index contributed by atoms with van der Waals surface area (Å²) in [5, 5.41) is 11.6. The lowest BCUT2D eigenvalue weighted by Gasteiger charge is -2.38. The van der Waals surface area contributed by atoms with Crippen LogP contribution in [0.5, 0.6) is 5.75 Å². The number of amidine groups is 1. The number of aromatic nitrogens is 1. The smallest absolute Gasteiger partial charge is 0.188 e. The van der Waals surface area contributed by atoms with E-state index >= 15 is 0 Å². The van der Waals surface area contributed by atoms with Gasteiger partial charge in [-0.1, -0.05) is 25.9 Å². The third-order valence-electron chi connectivity index (χ3n) is 3.75. The molecule has 20 heavy (non-hydrogen) atoms. The third-order valence-corrected chi connectivity index (χ3v) is 3.75. The number of nitrogens with two attached hydrogens (primary N) is 1. The van der Waals surface area contributed by atoms with Gasteiger partial charge >= 0.3 is 0 Å². The van der Waals surface area contributed by atoms with Crippen molar-refractivity contribution in [3.8, 4) is 5.75 Å². The first kappa shape index (κ1) is 14.6. The van der Waals surface area contributed by atoms with Crippen LogP contribution in [0.4, 0.5) is 0 Å². The Labute approximate surface area is 119 Å². The second kappa shape index (κ2) is 5.69. The molecule has 1 saturated carbocycles. The number of hydrogen-bond donors (Lipinski definition) is 2. The zero-order valence-electron chi connectivity index (χ0n) is 12.3. The number of oxime groups is 1. The van der Waals surface area contributed by atoms with E-state index in [0.29, 0.717) is 17.0 Å². The zero-order valence-corrected chi connectivity index (χ0v) is 12.3. The van der Waals surface area contributed by atoms with E-state index in [4.69, 9.17) is 15.7 Å². The van der Waals surface area contributed by atoms with Crippen molar-refractivity contribution in [2.24, 2.45) is 22.2 Å². The molecule has 1 fully saturated rings. The molecule has 0 spiro atoms. The second-order valence-corrected chi connectivity index (χ2v) is 6.52. The van der Waals surface area contributed by atoms with Crippen LogP contribution in [0.2, 0.25) is 0 Å². The summed E-state index contributed by atoms with van der Waals surface area (Å²) in [6.07, 6.45) is 5.15. The van der Waals surface area contributed by atoms with E-state index in [9.17, 15) is 0 Å². The van der Waals surface area contributed by atoms with Crippen LogP contribution in [0.1, 0.15) is 45.7 Å². The van der Waals surface area contributed by atoms with Gasteiger partial charge in [0.15, 0.2) is 5.84 Å². The molecule has 0 radical (unpaired) electrons. The number of rotatable bonds is 3. The van der Waals surface area contributed by atoms with Crippen molar-refractivity contribution < 1.29 is 9.94 Å². The maximum atomic E-state index is 8.69. The van der Waals surface area contributed by atoms with E-state index in [1.165, 1.54) is 6.42 Å². The fourth-order valence-electron chi connectivity index (χ4n) is 3.22. The Morgan fingerprint density at radius 1 is 1.50 bits per heavy atom. The molecular formula is C15H23N3O2. The fourth-order valence-corrected chi connectivity index (χ4v) is 3.22. The summed E-state index contributed by atoms with van der Waals surface area (Å²) in [6, 6.07) is 3.52. The van der Waals surface area contributed by atoms with Crippen LogP contribution in [0.25, 0.3) is 0 Å². The molecule has 1 aromatic rings. The van der Waals surface area contributed by atoms with Gasteiger partial charge in [-0.3, -0.25) is 4.98 Å². The molecule has 5 heteroatoms. The lowest BCUT2D eigenvalue weighted by molar-refractivity contribution is 0.0562. The van der Waals surface area contributed by atoms with Gasteiger partial charge in [0.2, 0.25) is 0 Å². The largest absolute Gasteiger partial charge is 0.490 e. The van der Waals surface area contributed by atoms with Crippen LogP contribution >= 0.6 is 0 Å². The molecule has 1 aliphatic rings. The first-order valence-corrected chi connectivity index (χ1v) is 7.00. The Kier molecular flexibility index (Phi) is 4.16.